The van der Waals surface area contributed by atoms with E-state index in [2.05, 4.69) is 25.7 Å². The Morgan fingerprint density at radius 1 is 0.960 bits per heavy atom. The highest BCUT2D eigenvalue weighted by Crippen LogP contribution is 2.42. The number of oxime groups is 1. The topological polar surface area (TPSA) is 245 Å². The number of cyclic esters (lactones) is 1. The molecule has 0 spiro atoms. The molecule has 3 fully saturated rings. The van der Waals surface area contributed by atoms with Gasteiger partial charge in [0.05, 0.1) is 77.5 Å². The van der Waals surface area contributed by atoms with Crippen molar-refractivity contribution in [1.82, 2.24) is 25.2 Å². The molecule has 3 aliphatic heterocycles. The predicted molar refractivity (Wildman–Crippen MR) is 281 cm³/mol. The van der Waals surface area contributed by atoms with Crippen molar-refractivity contribution >= 4 is 40.2 Å². The maximum Gasteiger partial charge on any atom is 0.312 e. The number of hydrogen-bond donors (Lipinski definition) is 4. The molecule has 23 heteroatoms. The molecule has 4 heterocycles. The summed E-state index contributed by atoms with van der Waals surface area (Å²) in [6.45, 7) is 15.2. The van der Waals surface area contributed by atoms with E-state index in [0.717, 1.165) is 5.69 Å². The predicted octanol–water partition coefficient (Wildman–Crippen LogP) is 5.04. The SMILES string of the molecule is COCO/N=C1/[C@H](C)C[C@@](C)(OC)[C@H](O[C@H]2C[C@@H](N(C)CCC(=O)N[C@H](CF)[C@H](OC)c3ccc(-n4ccnn4)cc3)C[C@@H](C)O2)[C@@H](C)[C@H](O[C@H]2C[C@@](C)(OC)[C@@H](O)[C@H](C)O2)[C@@H](C)C(=O)O[C@H](I)[C@@](C)(O)[C@H](O)[C@H]1C. The fourth-order valence-electron chi connectivity index (χ4n) is 10.8. The summed E-state index contributed by atoms with van der Waals surface area (Å²) < 4.78 is 71.2. The number of amides is 1. The first-order valence-corrected chi connectivity index (χ1v) is 27.0. The zero-order valence-corrected chi connectivity index (χ0v) is 48.2. The summed E-state index contributed by atoms with van der Waals surface area (Å²) in [5.74, 6) is -4.14. The van der Waals surface area contributed by atoms with Crippen molar-refractivity contribution in [2.45, 2.75) is 183 Å². The van der Waals surface area contributed by atoms with Gasteiger partial charge in [0.25, 0.3) is 0 Å². The minimum absolute atomic E-state index is 0.0673. The van der Waals surface area contributed by atoms with Crippen molar-refractivity contribution < 1.29 is 76.8 Å². The number of esters is 1. The second kappa shape index (κ2) is 27.7. The summed E-state index contributed by atoms with van der Waals surface area (Å²) in [5, 5.41) is 50.0. The molecule has 1 aromatic carbocycles. The highest BCUT2D eigenvalue weighted by Gasteiger charge is 2.53. The number of hydrogen-bond acceptors (Lipinski definition) is 19. The fraction of sp³-hybridized carbons (Fsp3) is 0.788. The third-order valence-corrected chi connectivity index (χ3v) is 17.1. The van der Waals surface area contributed by atoms with E-state index in [1.54, 1.807) is 64.0 Å². The average Bonchev–Trinajstić information content (AvgIpc) is 3.93. The van der Waals surface area contributed by atoms with Crippen LogP contribution in [0.5, 0.6) is 0 Å². The lowest BCUT2D eigenvalue weighted by atomic mass is 9.74. The van der Waals surface area contributed by atoms with Crippen LogP contribution >= 0.6 is 22.6 Å². The van der Waals surface area contributed by atoms with E-state index in [9.17, 15) is 29.3 Å². The molecule has 426 valence electrons. The smallest absolute Gasteiger partial charge is 0.312 e. The number of alkyl halides is 2. The van der Waals surface area contributed by atoms with Gasteiger partial charge in [-0.05, 0) is 102 Å². The molecule has 1 aromatic heterocycles. The molecule has 0 radical (unpaired) electrons. The van der Waals surface area contributed by atoms with E-state index < -0.39 is 112 Å². The van der Waals surface area contributed by atoms with Gasteiger partial charge in [-0.2, -0.15) is 0 Å². The lowest BCUT2D eigenvalue weighted by Gasteiger charge is -2.49. The van der Waals surface area contributed by atoms with Crippen LogP contribution in [-0.4, -0.2) is 191 Å². The van der Waals surface area contributed by atoms with Crippen molar-refractivity contribution in [2.24, 2.45) is 28.8 Å². The molecule has 75 heavy (non-hydrogen) atoms. The monoisotopic (exact) mass is 1180 g/mol. The number of nitrogens with one attached hydrogen (secondary N) is 1. The number of carbonyl (C=O) groups is 2. The molecule has 0 bridgehead atoms. The molecular weight excluding hydrogens is 1090 g/mol. The fourth-order valence-corrected chi connectivity index (χ4v) is 11.5. The normalized spacial score (nSPS) is 37.9. The molecule has 1 amide bonds. The molecule has 2 aromatic rings. The Kier molecular flexibility index (Phi) is 23.2. The first-order valence-electron chi connectivity index (χ1n) is 25.8. The summed E-state index contributed by atoms with van der Waals surface area (Å²) in [5.41, 5.74) is -2.43. The molecule has 5 rings (SSSR count). The number of halogens is 2. The van der Waals surface area contributed by atoms with Crippen LogP contribution in [0.25, 0.3) is 5.69 Å². The number of aliphatic hydroxyl groups excluding tert-OH is 2. The summed E-state index contributed by atoms with van der Waals surface area (Å²) in [7, 11) is 7.93. The summed E-state index contributed by atoms with van der Waals surface area (Å²) in [4.78, 5) is 35.6. The highest BCUT2D eigenvalue weighted by molar-refractivity contribution is 14.1. The van der Waals surface area contributed by atoms with E-state index in [1.807, 2.05) is 69.5 Å². The highest BCUT2D eigenvalue weighted by atomic mass is 127. The Hall–Kier alpha value is -3.05. The number of aliphatic hydroxyl groups is 3. The summed E-state index contributed by atoms with van der Waals surface area (Å²) >= 11 is 1.81. The lowest BCUT2D eigenvalue weighted by Crippen LogP contribution is -2.60. The Bertz CT molecular complexity index is 2120. The van der Waals surface area contributed by atoms with E-state index in [-0.39, 0.29) is 44.1 Å². The van der Waals surface area contributed by atoms with E-state index in [1.165, 1.54) is 28.3 Å². The van der Waals surface area contributed by atoms with Crippen molar-refractivity contribution in [3.63, 3.8) is 0 Å². The number of methoxy groups -OCH3 is 4. The van der Waals surface area contributed by atoms with Gasteiger partial charge in [0.2, 0.25) is 12.7 Å². The first kappa shape index (κ1) is 62.8. The van der Waals surface area contributed by atoms with Crippen LogP contribution in [0, 0.1) is 23.7 Å². The van der Waals surface area contributed by atoms with Crippen molar-refractivity contribution in [2.75, 3.05) is 55.5 Å². The number of benzene rings is 1. The number of aromatic nitrogens is 3. The molecule has 3 saturated heterocycles. The Morgan fingerprint density at radius 2 is 1.64 bits per heavy atom. The summed E-state index contributed by atoms with van der Waals surface area (Å²) in [6.07, 6.45) is -3.35. The quantitative estimate of drug-likeness (QED) is 0.0359. The van der Waals surface area contributed by atoms with Crippen LogP contribution in [0.15, 0.2) is 41.8 Å². The van der Waals surface area contributed by atoms with Gasteiger partial charge in [-0.3, -0.25) is 9.59 Å². The molecule has 4 N–H and O–H groups in total. The maximum atomic E-state index is 14.7. The lowest BCUT2D eigenvalue weighted by molar-refractivity contribution is -0.309. The zero-order chi connectivity index (χ0) is 55.6. The van der Waals surface area contributed by atoms with Crippen molar-refractivity contribution in [1.29, 1.82) is 0 Å². The van der Waals surface area contributed by atoms with Gasteiger partial charge in [0.15, 0.2) is 16.7 Å². The number of ether oxygens (including phenoxy) is 9. The van der Waals surface area contributed by atoms with Gasteiger partial charge in [-0.25, -0.2) is 9.07 Å². The van der Waals surface area contributed by atoms with Gasteiger partial charge in [0, 0.05) is 78.0 Å². The summed E-state index contributed by atoms with van der Waals surface area (Å²) in [6, 6.07) is 6.17. The molecule has 21 nitrogen and oxygen atoms in total. The zero-order valence-electron chi connectivity index (χ0n) is 46.1. The van der Waals surface area contributed by atoms with Crippen LogP contribution in [0.1, 0.15) is 106 Å². The minimum Gasteiger partial charge on any atom is -0.448 e. The molecule has 3 aliphatic rings. The number of nitrogens with zero attached hydrogens (tertiary/aromatic N) is 5. The molecule has 19 atom stereocenters. The first-order chi connectivity index (χ1) is 35.4. The van der Waals surface area contributed by atoms with Crippen LogP contribution in [0.3, 0.4) is 0 Å². The Balaban J connectivity index is 1.44. The molecular formula is C52H84FIN6O15. The second-order valence-corrected chi connectivity index (χ2v) is 22.4. The van der Waals surface area contributed by atoms with Gasteiger partial charge in [-0.1, -0.05) is 43.3 Å². The van der Waals surface area contributed by atoms with Crippen molar-refractivity contribution in [3.05, 3.63) is 42.2 Å². The van der Waals surface area contributed by atoms with Crippen LogP contribution in [0.4, 0.5) is 4.39 Å². The maximum absolute atomic E-state index is 14.7. The van der Waals surface area contributed by atoms with Gasteiger partial charge >= 0.3 is 5.97 Å². The molecule has 0 unspecified atom stereocenters. The minimum atomic E-state index is -1.97. The average molecular weight is 1180 g/mol. The molecule has 0 saturated carbocycles. The van der Waals surface area contributed by atoms with Crippen LogP contribution in [0.2, 0.25) is 0 Å². The third-order valence-electron chi connectivity index (χ3n) is 15.6. The van der Waals surface area contributed by atoms with Gasteiger partial charge < -0.3 is 73.0 Å². The van der Waals surface area contributed by atoms with Crippen LogP contribution in [-0.2, 0) is 57.1 Å². The number of rotatable bonds is 19. The molecule has 0 aliphatic carbocycles. The van der Waals surface area contributed by atoms with Gasteiger partial charge in [0.1, 0.15) is 24.5 Å². The van der Waals surface area contributed by atoms with E-state index in [0.29, 0.717) is 30.7 Å². The Morgan fingerprint density at radius 3 is 2.24 bits per heavy atom. The van der Waals surface area contributed by atoms with Crippen LogP contribution < -0.4 is 5.32 Å². The largest absolute Gasteiger partial charge is 0.448 e. The van der Waals surface area contributed by atoms with E-state index >= 15 is 0 Å². The number of carbonyl (C=O) groups excluding carboxylic acids is 2. The van der Waals surface area contributed by atoms with Gasteiger partial charge in [-0.15, -0.1) is 5.10 Å². The van der Waals surface area contributed by atoms with Crippen molar-refractivity contribution in [3.8, 4) is 5.69 Å². The Labute approximate surface area is 455 Å². The standard InChI is InChI=1S/C52H84FIN6O15/c1-29-25-51(8,69-14)47(74-40-24-37(23-30(2)71-40)59(10)21-19-39(61)56-38(27-53)44(67-12)35-15-17-36(18-16-35)60-22-20-55-58-60)32(4)43(73-41-26-50(7,68-13)46(63)34(6)72-41)33(5)48(64)75-49(54)52(9,65)45(62)31(3)42(29)57-70-28-66-11/h15-18,20,22,29-34,37-38,40-41,43-47,49,62-63,65H,19,21,23-28H2,1-14H3,(H,56,61)/b57-42-/t29-,30-,31+,32+,33-,34+,37+,38-,40+,41+,43+,44-,45-,46+,47-,49+,50-,51-,52+/m1/s1. The second-order valence-electron chi connectivity index (χ2n) is 21.3. The third kappa shape index (κ3) is 15.4. The van der Waals surface area contributed by atoms with E-state index in [4.69, 9.17) is 47.5 Å².